The van der Waals surface area contributed by atoms with Gasteiger partial charge in [0.15, 0.2) is 5.82 Å². The standard InChI is InChI=1S/C16H23N5/c1-4-15-19-16(5-2)21(20-15)14-8-11(3)17-9-12(14)10-18-13-6-7-13/h8-9,13,18H,4-7,10H2,1-3H3. The van der Waals surface area contributed by atoms with Gasteiger partial charge in [-0.3, -0.25) is 4.98 Å². The van der Waals surface area contributed by atoms with Crippen LogP contribution in [0.1, 0.15) is 49.6 Å². The van der Waals surface area contributed by atoms with Gasteiger partial charge in [0.1, 0.15) is 5.82 Å². The Labute approximate surface area is 125 Å². The summed E-state index contributed by atoms with van der Waals surface area (Å²) in [5.41, 5.74) is 3.31. The fourth-order valence-electron chi connectivity index (χ4n) is 2.41. The highest BCUT2D eigenvalue weighted by molar-refractivity contribution is 5.41. The Morgan fingerprint density at radius 3 is 2.76 bits per heavy atom. The average Bonchev–Trinajstić information content (AvgIpc) is 3.23. The van der Waals surface area contributed by atoms with E-state index in [1.807, 2.05) is 17.8 Å². The topological polar surface area (TPSA) is 55.6 Å². The third kappa shape index (κ3) is 3.13. The molecule has 1 aliphatic carbocycles. The van der Waals surface area contributed by atoms with Gasteiger partial charge in [-0.2, -0.15) is 5.10 Å². The predicted octanol–water partition coefficient (Wildman–Crippen LogP) is 2.35. The quantitative estimate of drug-likeness (QED) is 0.885. The minimum absolute atomic E-state index is 0.687. The van der Waals surface area contributed by atoms with Crippen LogP contribution in [0.2, 0.25) is 0 Å². The average molecular weight is 285 g/mol. The van der Waals surface area contributed by atoms with E-state index >= 15 is 0 Å². The van der Waals surface area contributed by atoms with Crippen LogP contribution >= 0.6 is 0 Å². The summed E-state index contributed by atoms with van der Waals surface area (Å²) in [6, 6.07) is 2.80. The molecule has 1 saturated carbocycles. The van der Waals surface area contributed by atoms with Gasteiger partial charge in [0.2, 0.25) is 0 Å². The third-order valence-corrected chi connectivity index (χ3v) is 3.84. The number of aromatic nitrogens is 4. The summed E-state index contributed by atoms with van der Waals surface area (Å²) in [7, 11) is 0. The van der Waals surface area contributed by atoms with Crippen LogP contribution < -0.4 is 5.32 Å². The van der Waals surface area contributed by atoms with Crippen molar-refractivity contribution in [2.24, 2.45) is 0 Å². The van der Waals surface area contributed by atoms with Gasteiger partial charge >= 0.3 is 0 Å². The van der Waals surface area contributed by atoms with Crippen LogP contribution in [0.4, 0.5) is 0 Å². The molecule has 0 aromatic carbocycles. The molecule has 5 heteroatoms. The van der Waals surface area contributed by atoms with Crippen molar-refractivity contribution in [1.29, 1.82) is 0 Å². The molecule has 0 bridgehead atoms. The summed E-state index contributed by atoms with van der Waals surface area (Å²) in [6.45, 7) is 7.07. The Morgan fingerprint density at radius 1 is 1.29 bits per heavy atom. The summed E-state index contributed by atoms with van der Waals surface area (Å²) < 4.78 is 2.00. The Hall–Kier alpha value is -1.75. The lowest BCUT2D eigenvalue weighted by Gasteiger charge is -2.12. The van der Waals surface area contributed by atoms with Gasteiger partial charge in [-0.1, -0.05) is 13.8 Å². The van der Waals surface area contributed by atoms with Crippen molar-refractivity contribution >= 4 is 0 Å². The molecule has 2 aromatic heterocycles. The fourth-order valence-corrected chi connectivity index (χ4v) is 2.41. The van der Waals surface area contributed by atoms with Crippen molar-refractivity contribution in [3.8, 4) is 5.69 Å². The molecule has 1 N–H and O–H groups in total. The van der Waals surface area contributed by atoms with Crippen molar-refractivity contribution in [3.63, 3.8) is 0 Å². The lowest BCUT2D eigenvalue weighted by Crippen LogP contribution is -2.18. The molecular formula is C16H23N5. The lowest BCUT2D eigenvalue weighted by atomic mass is 10.2. The van der Waals surface area contributed by atoms with Crippen molar-refractivity contribution in [1.82, 2.24) is 25.1 Å². The SMILES string of the molecule is CCc1nc(CC)n(-c2cc(C)ncc2CNC2CC2)n1. The summed E-state index contributed by atoms with van der Waals surface area (Å²) in [5.74, 6) is 1.92. The second-order valence-electron chi connectivity index (χ2n) is 5.67. The zero-order valence-corrected chi connectivity index (χ0v) is 13.1. The molecule has 0 atom stereocenters. The van der Waals surface area contributed by atoms with Crippen LogP contribution in [0, 0.1) is 6.92 Å². The largest absolute Gasteiger partial charge is 0.310 e. The Balaban J connectivity index is 1.98. The monoisotopic (exact) mass is 285 g/mol. The van der Waals surface area contributed by atoms with Crippen molar-refractivity contribution < 1.29 is 0 Å². The van der Waals surface area contributed by atoms with Crippen molar-refractivity contribution in [2.75, 3.05) is 0 Å². The van der Waals surface area contributed by atoms with Crippen molar-refractivity contribution in [3.05, 3.63) is 35.2 Å². The Morgan fingerprint density at radius 2 is 2.10 bits per heavy atom. The van der Waals surface area contributed by atoms with E-state index in [1.54, 1.807) is 0 Å². The number of rotatable bonds is 6. The molecule has 1 aliphatic rings. The molecule has 21 heavy (non-hydrogen) atoms. The summed E-state index contributed by atoms with van der Waals surface area (Å²) in [4.78, 5) is 9.06. The fraction of sp³-hybridized carbons (Fsp3) is 0.562. The minimum atomic E-state index is 0.687. The van der Waals surface area contributed by atoms with E-state index < -0.39 is 0 Å². The highest BCUT2D eigenvalue weighted by atomic mass is 15.4. The van der Waals surface area contributed by atoms with Gasteiger partial charge in [-0.05, 0) is 25.8 Å². The first kappa shape index (κ1) is 14.2. The van der Waals surface area contributed by atoms with E-state index in [1.165, 1.54) is 18.4 Å². The first-order valence-electron chi connectivity index (χ1n) is 7.85. The lowest BCUT2D eigenvalue weighted by molar-refractivity contribution is 0.674. The van der Waals surface area contributed by atoms with Gasteiger partial charge in [-0.15, -0.1) is 0 Å². The molecular weight excluding hydrogens is 262 g/mol. The first-order chi connectivity index (χ1) is 10.2. The van der Waals surface area contributed by atoms with E-state index in [2.05, 4.69) is 40.3 Å². The number of nitrogens with zero attached hydrogens (tertiary/aromatic N) is 4. The second kappa shape index (κ2) is 5.93. The van der Waals surface area contributed by atoms with E-state index in [0.29, 0.717) is 6.04 Å². The van der Waals surface area contributed by atoms with E-state index in [4.69, 9.17) is 0 Å². The zero-order valence-electron chi connectivity index (χ0n) is 13.1. The third-order valence-electron chi connectivity index (χ3n) is 3.84. The van der Waals surface area contributed by atoms with Gasteiger partial charge in [0.25, 0.3) is 0 Å². The zero-order chi connectivity index (χ0) is 14.8. The van der Waals surface area contributed by atoms with E-state index in [0.717, 1.165) is 42.4 Å². The Kier molecular flexibility index (Phi) is 4.01. The number of hydrogen-bond donors (Lipinski definition) is 1. The summed E-state index contributed by atoms with van der Waals surface area (Å²) >= 11 is 0. The molecule has 0 radical (unpaired) electrons. The number of nitrogens with one attached hydrogen (secondary N) is 1. The molecule has 0 spiro atoms. The maximum atomic E-state index is 4.66. The summed E-state index contributed by atoms with van der Waals surface area (Å²) in [6.07, 6.45) is 6.28. The van der Waals surface area contributed by atoms with Gasteiger partial charge < -0.3 is 5.32 Å². The minimum Gasteiger partial charge on any atom is -0.310 e. The smallest absolute Gasteiger partial charge is 0.151 e. The van der Waals surface area contributed by atoms with Gasteiger partial charge in [-0.25, -0.2) is 9.67 Å². The van der Waals surface area contributed by atoms with Gasteiger partial charge in [0.05, 0.1) is 5.69 Å². The van der Waals surface area contributed by atoms with Crippen LogP contribution in [0.3, 0.4) is 0 Å². The molecule has 5 nitrogen and oxygen atoms in total. The maximum Gasteiger partial charge on any atom is 0.151 e. The molecule has 0 saturated heterocycles. The number of hydrogen-bond acceptors (Lipinski definition) is 4. The summed E-state index contributed by atoms with van der Waals surface area (Å²) in [5, 5.41) is 8.22. The highest BCUT2D eigenvalue weighted by Crippen LogP contribution is 2.21. The molecule has 0 unspecified atom stereocenters. The molecule has 0 aliphatic heterocycles. The Bertz CT molecular complexity index is 628. The molecule has 3 rings (SSSR count). The number of aryl methyl sites for hydroxylation is 3. The molecule has 2 heterocycles. The molecule has 0 amide bonds. The van der Waals surface area contributed by atoms with E-state index in [-0.39, 0.29) is 0 Å². The highest BCUT2D eigenvalue weighted by Gasteiger charge is 2.21. The van der Waals surface area contributed by atoms with Crippen LogP contribution in [0.15, 0.2) is 12.3 Å². The predicted molar refractivity (Wildman–Crippen MR) is 82.5 cm³/mol. The molecule has 112 valence electrons. The normalized spacial score (nSPS) is 14.6. The van der Waals surface area contributed by atoms with Crippen LogP contribution in [0.5, 0.6) is 0 Å². The van der Waals surface area contributed by atoms with Crippen LogP contribution in [-0.4, -0.2) is 25.8 Å². The number of pyridine rings is 1. The molecule has 2 aromatic rings. The maximum absolute atomic E-state index is 4.66. The van der Waals surface area contributed by atoms with Gasteiger partial charge in [0, 0.05) is 42.9 Å². The molecule has 1 fully saturated rings. The van der Waals surface area contributed by atoms with Crippen LogP contribution in [-0.2, 0) is 19.4 Å². The van der Waals surface area contributed by atoms with E-state index in [9.17, 15) is 0 Å². The second-order valence-corrected chi connectivity index (χ2v) is 5.67. The van der Waals surface area contributed by atoms with Crippen LogP contribution in [0.25, 0.3) is 5.69 Å². The first-order valence-corrected chi connectivity index (χ1v) is 7.85. The van der Waals surface area contributed by atoms with Crippen molar-refractivity contribution in [2.45, 2.75) is 59.0 Å².